The number of piperidine rings is 1. The second-order valence-corrected chi connectivity index (χ2v) is 7.96. The summed E-state index contributed by atoms with van der Waals surface area (Å²) in [5.41, 5.74) is 0.936. The molecule has 0 spiro atoms. The standard InChI is InChI=1S/C14H25N5O3S/c1-3-23(21,22)19-10-6-12(7-11-19)16-14(20)15-8-4-13-5-9-18(2)17-13/h5,9,12H,3-4,6-8,10-11H2,1-2H3,(H2,15,16,20). The largest absolute Gasteiger partial charge is 0.338 e. The summed E-state index contributed by atoms with van der Waals surface area (Å²) in [7, 11) is -1.26. The first-order valence-corrected chi connectivity index (χ1v) is 9.52. The first-order valence-electron chi connectivity index (χ1n) is 7.91. The number of sulfonamides is 1. The maximum Gasteiger partial charge on any atom is 0.315 e. The van der Waals surface area contributed by atoms with Gasteiger partial charge < -0.3 is 10.6 Å². The number of aryl methyl sites for hydroxylation is 1. The zero-order valence-electron chi connectivity index (χ0n) is 13.7. The molecule has 0 radical (unpaired) electrons. The molecule has 9 heteroatoms. The number of nitrogens with zero attached hydrogens (tertiary/aromatic N) is 3. The number of hydrogen-bond acceptors (Lipinski definition) is 4. The van der Waals surface area contributed by atoms with Crippen molar-refractivity contribution in [2.24, 2.45) is 7.05 Å². The number of rotatable bonds is 6. The molecular weight excluding hydrogens is 318 g/mol. The maximum atomic E-state index is 11.9. The van der Waals surface area contributed by atoms with Gasteiger partial charge in [0.2, 0.25) is 10.0 Å². The number of nitrogens with one attached hydrogen (secondary N) is 2. The average Bonchev–Trinajstić information content (AvgIpc) is 2.93. The quantitative estimate of drug-likeness (QED) is 0.764. The van der Waals surface area contributed by atoms with Gasteiger partial charge in [-0.1, -0.05) is 0 Å². The third-order valence-corrected chi connectivity index (χ3v) is 5.86. The first-order chi connectivity index (χ1) is 10.9. The number of aromatic nitrogens is 2. The molecule has 1 aliphatic heterocycles. The van der Waals surface area contributed by atoms with Crippen LogP contribution in [0.4, 0.5) is 4.79 Å². The Morgan fingerprint density at radius 1 is 1.39 bits per heavy atom. The van der Waals surface area contributed by atoms with Crippen molar-refractivity contribution in [3.8, 4) is 0 Å². The molecule has 130 valence electrons. The van der Waals surface area contributed by atoms with Gasteiger partial charge in [-0.3, -0.25) is 4.68 Å². The van der Waals surface area contributed by atoms with Crippen LogP contribution in [0, 0.1) is 0 Å². The van der Waals surface area contributed by atoms with Crippen LogP contribution in [0.1, 0.15) is 25.5 Å². The Morgan fingerprint density at radius 2 is 2.09 bits per heavy atom. The Morgan fingerprint density at radius 3 is 2.65 bits per heavy atom. The van der Waals surface area contributed by atoms with E-state index in [-0.39, 0.29) is 17.8 Å². The molecular formula is C14H25N5O3S. The lowest BCUT2D eigenvalue weighted by atomic mass is 10.1. The molecule has 0 atom stereocenters. The lowest BCUT2D eigenvalue weighted by Gasteiger charge is -2.31. The van der Waals surface area contributed by atoms with Crippen molar-refractivity contribution in [2.45, 2.75) is 32.2 Å². The van der Waals surface area contributed by atoms with E-state index in [2.05, 4.69) is 15.7 Å². The SMILES string of the molecule is CCS(=O)(=O)N1CCC(NC(=O)NCCc2ccn(C)n2)CC1. The number of carbonyl (C=O) groups is 1. The molecule has 2 amide bonds. The zero-order chi connectivity index (χ0) is 16.9. The fraction of sp³-hybridized carbons (Fsp3) is 0.714. The predicted molar refractivity (Wildman–Crippen MR) is 87.5 cm³/mol. The minimum atomic E-state index is -3.12. The van der Waals surface area contributed by atoms with Gasteiger partial charge in [0, 0.05) is 45.3 Å². The van der Waals surface area contributed by atoms with E-state index in [4.69, 9.17) is 0 Å². The maximum absolute atomic E-state index is 11.9. The van der Waals surface area contributed by atoms with E-state index in [0.717, 1.165) is 5.69 Å². The van der Waals surface area contributed by atoms with Crippen LogP contribution >= 0.6 is 0 Å². The number of carbonyl (C=O) groups excluding carboxylic acids is 1. The highest BCUT2D eigenvalue weighted by Crippen LogP contribution is 2.14. The molecule has 2 rings (SSSR count). The molecule has 8 nitrogen and oxygen atoms in total. The lowest BCUT2D eigenvalue weighted by Crippen LogP contribution is -2.49. The molecule has 0 aliphatic carbocycles. The van der Waals surface area contributed by atoms with Gasteiger partial charge in [-0.05, 0) is 25.8 Å². The summed E-state index contributed by atoms with van der Waals surface area (Å²) in [6.45, 7) is 3.10. The van der Waals surface area contributed by atoms with Crippen LogP contribution in [0.25, 0.3) is 0 Å². The minimum absolute atomic E-state index is 0.0214. The van der Waals surface area contributed by atoms with Gasteiger partial charge in [0.15, 0.2) is 0 Å². The summed E-state index contributed by atoms with van der Waals surface area (Å²) in [6.07, 6.45) is 3.84. The van der Waals surface area contributed by atoms with Crippen molar-refractivity contribution in [3.05, 3.63) is 18.0 Å². The normalized spacial score (nSPS) is 17.1. The van der Waals surface area contributed by atoms with E-state index in [1.165, 1.54) is 4.31 Å². The van der Waals surface area contributed by atoms with Gasteiger partial charge in [0.1, 0.15) is 0 Å². The van der Waals surface area contributed by atoms with Crippen molar-refractivity contribution >= 4 is 16.1 Å². The summed E-state index contributed by atoms with van der Waals surface area (Å²) in [5.74, 6) is 0.124. The Balaban J connectivity index is 1.66. The van der Waals surface area contributed by atoms with Crippen molar-refractivity contribution in [1.29, 1.82) is 0 Å². The lowest BCUT2D eigenvalue weighted by molar-refractivity contribution is 0.228. The van der Waals surface area contributed by atoms with E-state index >= 15 is 0 Å². The van der Waals surface area contributed by atoms with E-state index in [1.54, 1.807) is 11.6 Å². The highest BCUT2D eigenvalue weighted by molar-refractivity contribution is 7.89. The van der Waals surface area contributed by atoms with Crippen LogP contribution < -0.4 is 10.6 Å². The molecule has 0 aromatic carbocycles. The average molecular weight is 343 g/mol. The topological polar surface area (TPSA) is 96.3 Å². The van der Waals surface area contributed by atoms with E-state index in [1.807, 2.05) is 19.3 Å². The number of urea groups is 1. The van der Waals surface area contributed by atoms with Gasteiger partial charge in [-0.2, -0.15) is 5.10 Å². The van der Waals surface area contributed by atoms with Crippen molar-refractivity contribution < 1.29 is 13.2 Å². The molecule has 0 unspecified atom stereocenters. The predicted octanol–water partition coefficient (Wildman–Crippen LogP) is 0.0759. The highest BCUT2D eigenvalue weighted by atomic mass is 32.2. The Labute approximate surface area is 137 Å². The fourth-order valence-corrected chi connectivity index (χ4v) is 3.73. The zero-order valence-corrected chi connectivity index (χ0v) is 14.5. The summed E-state index contributed by atoms with van der Waals surface area (Å²) in [6, 6.07) is 1.73. The van der Waals surface area contributed by atoms with Crippen LogP contribution in [0.15, 0.2) is 12.3 Å². The summed E-state index contributed by atoms with van der Waals surface area (Å²) >= 11 is 0. The van der Waals surface area contributed by atoms with Crippen molar-refractivity contribution in [1.82, 2.24) is 24.7 Å². The van der Waals surface area contributed by atoms with Gasteiger partial charge in [-0.25, -0.2) is 17.5 Å². The molecule has 1 fully saturated rings. The molecule has 1 aromatic heterocycles. The number of amides is 2. The monoisotopic (exact) mass is 343 g/mol. The summed E-state index contributed by atoms with van der Waals surface area (Å²) in [5, 5.41) is 9.96. The third-order valence-electron chi connectivity index (χ3n) is 3.98. The third kappa shape index (κ3) is 5.21. The van der Waals surface area contributed by atoms with Gasteiger partial charge >= 0.3 is 6.03 Å². The smallest absolute Gasteiger partial charge is 0.315 e. The van der Waals surface area contributed by atoms with E-state index in [9.17, 15) is 13.2 Å². The second kappa shape index (κ2) is 7.78. The van der Waals surface area contributed by atoms with Gasteiger partial charge in [-0.15, -0.1) is 0 Å². The van der Waals surface area contributed by atoms with Crippen LogP contribution in [0.3, 0.4) is 0 Å². The van der Waals surface area contributed by atoms with Gasteiger partial charge in [0.25, 0.3) is 0 Å². The molecule has 1 aliphatic rings. The fourth-order valence-electron chi connectivity index (χ4n) is 2.60. The van der Waals surface area contributed by atoms with E-state index < -0.39 is 10.0 Å². The van der Waals surface area contributed by atoms with Gasteiger partial charge in [0.05, 0.1) is 11.4 Å². The van der Waals surface area contributed by atoms with Crippen molar-refractivity contribution in [2.75, 3.05) is 25.4 Å². The Hall–Kier alpha value is -1.61. The molecule has 1 saturated heterocycles. The molecule has 1 aromatic rings. The molecule has 23 heavy (non-hydrogen) atoms. The summed E-state index contributed by atoms with van der Waals surface area (Å²) in [4.78, 5) is 11.9. The summed E-state index contributed by atoms with van der Waals surface area (Å²) < 4.78 is 26.8. The van der Waals surface area contributed by atoms with Crippen LogP contribution in [0.2, 0.25) is 0 Å². The van der Waals surface area contributed by atoms with Crippen molar-refractivity contribution in [3.63, 3.8) is 0 Å². The Kier molecular flexibility index (Phi) is 6.00. The number of hydrogen-bond donors (Lipinski definition) is 2. The van der Waals surface area contributed by atoms with E-state index in [0.29, 0.717) is 38.9 Å². The van der Waals surface area contributed by atoms with Crippen LogP contribution in [-0.2, 0) is 23.5 Å². The second-order valence-electron chi connectivity index (χ2n) is 5.70. The molecule has 0 saturated carbocycles. The first kappa shape index (κ1) is 17.7. The van der Waals surface area contributed by atoms with Crippen LogP contribution in [0.5, 0.6) is 0 Å². The minimum Gasteiger partial charge on any atom is -0.338 e. The highest BCUT2D eigenvalue weighted by Gasteiger charge is 2.27. The molecule has 2 N–H and O–H groups in total. The van der Waals surface area contributed by atoms with Crippen LogP contribution in [-0.4, -0.2) is 60.0 Å². The molecule has 0 bridgehead atoms. The Bertz CT molecular complexity index is 620. The molecule has 2 heterocycles.